The predicted octanol–water partition coefficient (Wildman–Crippen LogP) is 2.97. The number of hydrogen-bond acceptors (Lipinski definition) is 3. The molecule has 0 aliphatic carbocycles. The smallest absolute Gasteiger partial charge is 0.253 e. The van der Waals surface area contributed by atoms with Crippen LogP contribution in [-0.2, 0) is 4.74 Å². The van der Waals surface area contributed by atoms with Crippen LogP contribution in [0.1, 0.15) is 42.1 Å². The summed E-state index contributed by atoms with van der Waals surface area (Å²) in [6.07, 6.45) is 2.93. The summed E-state index contributed by atoms with van der Waals surface area (Å²) in [6, 6.07) is 5.93. The van der Waals surface area contributed by atoms with Gasteiger partial charge in [0.25, 0.3) is 5.91 Å². The van der Waals surface area contributed by atoms with E-state index in [0.717, 1.165) is 49.2 Å². The Morgan fingerprint density at radius 1 is 1.25 bits per heavy atom. The maximum absolute atomic E-state index is 12.2. The molecule has 0 spiro atoms. The third-order valence-corrected chi connectivity index (χ3v) is 3.05. The molecule has 0 aliphatic heterocycles. The molecule has 20 heavy (non-hydrogen) atoms. The molecule has 0 saturated carbocycles. The van der Waals surface area contributed by atoms with Crippen LogP contribution < -0.4 is 10.6 Å². The van der Waals surface area contributed by atoms with E-state index in [9.17, 15) is 4.79 Å². The van der Waals surface area contributed by atoms with Gasteiger partial charge in [0, 0.05) is 32.5 Å². The van der Waals surface area contributed by atoms with E-state index < -0.39 is 0 Å². The molecule has 0 aliphatic rings. The van der Waals surface area contributed by atoms with Crippen LogP contribution >= 0.6 is 0 Å². The molecule has 0 aromatic heterocycles. The first-order valence-corrected chi connectivity index (χ1v) is 7.30. The number of hydrogen-bond donors (Lipinski definition) is 2. The van der Waals surface area contributed by atoms with Crippen LogP contribution in [0.15, 0.2) is 18.2 Å². The van der Waals surface area contributed by atoms with Crippen molar-refractivity contribution in [2.75, 3.05) is 32.1 Å². The lowest BCUT2D eigenvalue weighted by Crippen LogP contribution is -2.25. The fourth-order valence-electron chi connectivity index (χ4n) is 1.93. The van der Waals surface area contributed by atoms with Gasteiger partial charge < -0.3 is 15.4 Å². The lowest BCUT2D eigenvalue weighted by molar-refractivity contribution is 0.0952. The van der Waals surface area contributed by atoms with Crippen LogP contribution in [-0.4, -0.2) is 32.7 Å². The maximum atomic E-state index is 12.2. The number of amides is 1. The van der Waals surface area contributed by atoms with Crippen molar-refractivity contribution in [2.45, 2.75) is 33.1 Å². The Morgan fingerprint density at radius 2 is 2.05 bits per heavy atom. The molecule has 0 radical (unpaired) electrons. The highest BCUT2D eigenvalue weighted by Gasteiger charge is 2.10. The molecule has 0 bridgehead atoms. The minimum Gasteiger partial charge on any atom is -0.385 e. The average molecular weight is 278 g/mol. The molecule has 1 rings (SSSR count). The SMILES string of the molecule is CCCNc1ccc(C)cc1C(=O)NCCCCOC. The number of aryl methyl sites for hydroxylation is 1. The molecule has 0 unspecified atom stereocenters. The molecule has 1 aromatic carbocycles. The van der Waals surface area contributed by atoms with E-state index in [1.165, 1.54) is 0 Å². The zero-order valence-corrected chi connectivity index (χ0v) is 12.8. The van der Waals surface area contributed by atoms with Crippen molar-refractivity contribution < 1.29 is 9.53 Å². The van der Waals surface area contributed by atoms with Crippen molar-refractivity contribution in [1.82, 2.24) is 5.32 Å². The third kappa shape index (κ3) is 5.61. The first kappa shape index (κ1) is 16.5. The number of carbonyl (C=O) groups excluding carboxylic acids is 1. The van der Waals surface area contributed by atoms with Gasteiger partial charge in [0.05, 0.1) is 5.56 Å². The Balaban J connectivity index is 2.58. The summed E-state index contributed by atoms with van der Waals surface area (Å²) >= 11 is 0. The van der Waals surface area contributed by atoms with Gasteiger partial charge in [-0.2, -0.15) is 0 Å². The fourth-order valence-corrected chi connectivity index (χ4v) is 1.93. The van der Waals surface area contributed by atoms with Crippen LogP contribution in [0, 0.1) is 6.92 Å². The van der Waals surface area contributed by atoms with Crippen molar-refractivity contribution in [3.63, 3.8) is 0 Å². The predicted molar refractivity (Wildman–Crippen MR) is 83.4 cm³/mol. The normalized spacial score (nSPS) is 10.3. The Kier molecular flexibility index (Phi) is 7.73. The highest BCUT2D eigenvalue weighted by atomic mass is 16.5. The van der Waals surface area contributed by atoms with E-state index in [4.69, 9.17) is 4.74 Å². The number of carbonyl (C=O) groups is 1. The summed E-state index contributed by atoms with van der Waals surface area (Å²) in [5.74, 6) is -0.00952. The van der Waals surface area contributed by atoms with Crippen LogP contribution in [0.25, 0.3) is 0 Å². The molecule has 4 heteroatoms. The minimum atomic E-state index is -0.00952. The number of ether oxygens (including phenoxy) is 1. The highest BCUT2D eigenvalue weighted by molar-refractivity contribution is 5.99. The highest BCUT2D eigenvalue weighted by Crippen LogP contribution is 2.17. The van der Waals surface area contributed by atoms with E-state index in [2.05, 4.69) is 17.6 Å². The van der Waals surface area contributed by atoms with Gasteiger partial charge >= 0.3 is 0 Å². The number of methoxy groups -OCH3 is 1. The minimum absolute atomic E-state index is 0.00952. The largest absolute Gasteiger partial charge is 0.385 e. The second-order valence-electron chi connectivity index (χ2n) is 4.93. The number of unbranched alkanes of at least 4 members (excludes halogenated alkanes) is 1. The van der Waals surface area contributed by atoms with Gasteiger partial charge in [-0.15, -0.1) is 0 Å². The Bertz CT molecular complexity index is 419. The first-order valence-electron chi connectivity index (χ1n) is 7.30. The van der Waals surface area contributed by atoms with Crippen molar-refractivity contribution in [1.29, 1.82) is 0 Å². The van der Waals surface area contributed by atoms with Gasteiger partial charge in [-0.25, -0.2) is 0 Å². The van der Waals surface area contributed by atoms with Crippen molar-refractivity contribution in [2.24, 2.45) is 0 Å². The summed E-state index contributed by atoms with van der Waals surface area (Å²) in [5, 5.41) is 6.27. The van der Waals surface area contributed by atoms with Crippen LogP contribution in [0.2, 0.25) is 0 Å². The van der Waals surface area contributed by atoms with Crippen LogP contribution in [0.4, 0.5) is 5.69 Å². The van der Waals surface area contributed by atoms with Gasteiger partial charge in [-0.3, -0.25) is 4.79 Å². The summed E-state index contributed by atoms with van der Waals surface area (Å²) < 4.78 is 4.99. The molecule has 112 valence electrons. The summed E-state index contributed by atoms with van der Waals surface area (Å²) in [6.45, 7) is 6.40. The summed E-state index contributed by atoms with van der Waals surface area (Å²) in [7, 11) is 1.69. The second-order valence-corrected chi connectivity index (χ2v) is 4.93. The number of benzene rings is 1. The summed E-state index contributed by atoms with van der Waals surface area (Å²) in [5.41, 5.74) is 2.73. The maximum Gasteiger partial charge on any atom is 0.253 e. The van der Waals surface area contributed by atoms with Gasteiger partial charge in [0.2, 0.25) is 0 Å². The molecule has 1 amide bonds. The first-order chi connectivity index (χ1) is 9.69. The molecule has 0 heterocycles. The number of anilines is 1. The lowest BCUT2D eigenvalue weighted by Gasteiger charge is -2.12. The Morgan fingerprint density at radius 3 is 2.75 bits per heavy atom. The Labute approximate surface area is 121 Å². The topological polar surface area (TPSA) is 50.4 Å². The standard InChI is InChI=1S/C16H26N2O2/c1-4-9-17-15-8-7-13(2)12-14(15)16(19)18-10-5-6-11-20-3/h7-8,12,17H,4-6,9-11H2,1-3H3,(H,18,19). The second kappa shape index (κ2) is 9.37. The number of rotatable bonds is 9. The monoisotopic (exact) mass is 278 g/mol. The molecule has 4 nitrogen and oxygen atoms in total. The van der Waals surface area contributed by atoms with E-state index in [-0.39, 0.29) is 5.91 Å². The molecule has 2 N–H and O–H groups in total. The van der Waals surface area contributed by atoms with E-state index in [1.54, 1.807) is 7.11 Å². The third-order valence-electron chi connectivity index (χ3n) is 3.05. The quantitative estimate of drug-likeness (QED) is 0.683. The summed E-state index contributed by atoms with van der Waals surface area (Å²) in [4.78, 5) is 12.2. The fraction of sp³-hybridized carbons (Fsp3) is 0.562. The zero-order valence-electron chi connectivity index (χ0n) is 12.8. The van der Waals surface area contributed by atoms with Crippen LogP contribution in [0.3, 0.4) is 0 Å². The zero-order chi connectivity index (χ0) is 14.8. The molecule has 0 saturated heterocycles. The molecular formula is C16H26N2O2. The molecule has 0 atom stereocenters. The Hall–Kier alpha value is -1.55. The van der Waals surface area contributed by atoms with Gasteiger partial charge in [0.15, 0.2) is 0 Å². The van der Waals surface area contributed by atoms with Crippen molar-refractivity contribution in [3.05, 3.63) is 29.3 Å². The van der Waals surface area contributed by atoms with Gasteiger partial charge in [-0.1, -0.05) is 18.6 Å². The molecular weight excluding hydrogens is 252 g/mol. The molecule has 1 aromatic rings. The van der Waals surface area contributed by atoms with Gasteiger partial charge in [-0.05, 0) is 38.3 Å². The van der Waals surface area contributed by atoms with E-state index in [1.807, 2.05) is 25.1 Å². The van der Waals surface area contributed by atoms with E-state index >= 15 is 0 Å². The number of nitrogens with one attached hydrogen (secondary N) is 2. The van der Waals surface area contributed by atoms with Gasteiger partial charge in [0.1, 0.15) is 0 Å². The lowest BCUT2D eigenvalue weighted by atomic mass is 10.1. The molecule has 0 fully saturated rings. The average Bonchev–Trinajstić information content (AvgIpc) is 2.45. The van der Waals surface area contributed by atoms with E-state index in [0.29, 0.717) is 6.54 Å². The van der Waals surface area contributed by atoms with Crippen molar-refractivity contribution in [3.8, 4) is 0 Å². The van der Waals surface area contributed by atoms with Crippen LogP contribution in [0.5, 0.6) is 0 Å². The van der Waals surface area contributed by atoms with Crippen molar-refractivity contribution >= 4 is 11.6 Å².